The molecule has 10 heteroatoms. The highest BCUT2D eigenvalue weighted by molar-refractivity contribution is 6.30. The number of rotatable bonds is 4. The van der Waals surface area contributed by atoms with Crippen LogP contribution in [0.2, 0.25) is 5.02 Å². The number of amides is 3. The number of halogens is 4. The fraction of sp³-hybridized carbons (Fsp3) is 0.333. The number of ether oxygens (including phenoxy) is 1. The molecule has 1 fully saturated rings. The van der Waals surface area contributed by atoms with E-state index in [4.69, 9.17) is 11.6 Å². The lowest BCUT2D eigenvalue weighted by Crippen LogP contribution is -2.39. The summed E-state index contributed by atoms with van der Waals surface area (Å²) in [6.45, 7) is 1.74. The van der Waals surface area contributed by atoms with Gasteiger partial charge in [-0.3, -0.25) is 4.79 Å². The molecule has 1 heterocycles. The van der Waals surface area contributed by atoms with E-state index in [-0.39, 0.29) is 24.1 Å². The smallest absolute Gasteiger partial charge is 0.406 e. The molecule has 6 nitrogen and oxygen atoms in total. The van der Waals surface area contributed by atoms with Crippen LogP contribution in [0.3, 0.4) is 0 Å². The lowest BCUT2D eigenvalue weighted by molar-refractivity contribution is -0.274. The van der Waals surface area contributed by atoms with Crippen molar-refractivity contribution in [1.29, 1.82) is 0 Å². The van der Waals surface area contributed by atoms with Crippen molar-refractivity contribution in [2.24, 2.45) is 0 Å². The molecule has 1 aliphatic heterocycles. The number of nitrogens with one attached hydrogen (secondary N) is 1. The van der Waals surface area contributed by atoms with Crippen LogP contribution in [0.25, 0.3) is 0 Å². The molecule has 1 saturated heterocycles. The maximum Gasteiger partial charge on any atom is 0.573 e. The van der Waals surface area contributed by atoms with Crippen molar-refractivity contribution >= 4 is 29.2 Å². The zero-order valence-electron chi connectivity index (χ0n) is 16.5. The quantitative estimate of drug-likeness (QED) is 0.736. The van der Waals surface area contributed by atoms with Gasteiger partial charge in [0.2, 0.25) is 5.91 Å². The largest absolute Gasteiger partial charge is 0.573 e. The van der Waals surface area contributed by atoms with Gasteiger partial charge in [-0.05, 0) is 42.3 Å². The molecule has 0 atom stereocenters. The molecule has 3 amide bonds. The fourth-order valence-electron chi connectivity index (χ4n) is 3.23. The van der Waals surface area contributed by atoms with Gasteiger partial charge in [0.1, 0.15) is 5.75 Å². The predicted octanol–water partition coefficient (Wildman–Crippen LogP) is 4.55. The van der Waals surface area contributed by atoms with E-state index in [1.807, 2.05) is 0 Å². The van der Waals surface area contributed by atoms with Crippen LogP contribution in [0.15, 0.2) is 48.5 Å². The monoisotopic (exact) mass is 455 g/mol. The van der Waals surface area contributed by atoms with Crippen molar-refractivity contribution in [1.82, 2.24) is 9.80 Å². The Morgan fingerprint density at radius 3 is 2.35 bits per heavy atom. The van der Waals surface area contributed by atoms with Crippen LogP contribution < -0.4 is 10.1 Å². The van der Waals surface area contributed by atoms with Crippen LogP contribution in [0, 0.1) is 0 Å². The number of nitrogens with zero attached hydrogens (tertiary/aromatic N) is 2. The van der Waals surface area contributed by atoms with E-state index < -0.39 is 6.36 Å². The number of hydrogen-bond donors (Lipinski definition) is 1. The highest BCUT2D eigenvalue weighted by Gasteiger charge is 2.31. The van der Waals surface area contributed by atoms with Gasteiger partial charge in [-0.1, -0.05) is 29.8 Å². The number of anilines is 1. The standard InChI is InChI=1S/C21H21ClF3N3O3/c22-16-3-1-4-17(14-16)26-20(30)28-10-2-9-27(11-12-28)19(29)13-15-5-7-18(8-6-15)31-21(23,24)25/h1,3-8,14H,2,9-13H2,(H,26,30). The Hall–Kier alpha value is -2.94. The molecule has 31 heavy (non-hydrogen) atoms. The Bertz CT molecular complexity index is 922. The number of urea groups is 1. The second-order valence-electron chi connectivity index (χ2n) is 7.03. The first kappa shape index (κ1) is 22.7. The molecule has 0 aromatic heterocycles. The average Bonchev–Trinajstić information content (AvgIpc) is 2.95. The maximum absolute atomic E-state index is 12.6. The summed E-state index contributed by atoms with van der Waals surface area (Å²) < 4.78 is 40.6. The van der Waals surface area contributed by atoms with Gasteiger partial charge < -0.3 is 19.9 Å². The number of carbonyl (C=O) groups excluding carboxylic acids is 2. The molecule has 0 unspecified atom stereocenters. The van der Waals surface area contributed by atoms with Crippen LogP contribution in [0.1, 0.15) is 12.0 Å². The summed E-state index contributed by atoms with van der Waals surface area (Å²) in [7, 11) is 0. The third kappa shape index (κ3) is 7.06. The molecule has 0 radical (unpaired) electrons. The van der Waals surface area contributed by atoms with Crippen molar-refractivity contribution in [3.05, 3.63) is 59.1 Å². The summed E-state index contributed by atoms with van der Waals surface area (Å²) in [4.78, 5) is 28.4. The van der Waals surface area contributed by atoms with Gasteiger partial charge in [-0.15, -0.1) is 13.2 Å². The van der Waals surface area contributed by atoms with Gasteiger partial charge in [0.25, 0.3) is 0 Å². The molecule has 0 bridgehead atoms. The molecule has 2 aromatic rings. The molecular formula is C21H21ClF3N3O3. The van der Waals surface area contributed by atoms with Gasteiger partial charge in [0, 0.05) is 36.9 Å². The molecule has 0 spiro atoms. The summed E-state index contributed by atoms with van der Waals surface area (Å²) >= 11 is 5.93. The van der Waals surface area contributed by atoms with Crippen LogP contribution in [-0.4, -0.2) is 54.3 Å². The minimum atomic E-state index is -4.76. The first-order valence-corrected chi connectivity index (χ1v) is 10.0. The first-order chi connectivity index (χ1) is 14.7. The highest BCUT2D eigenvalue weighted by atomic mass is 35.5. The van der Waals surface area contributed by atoms with E-state index in [0.717, 1.165) is 0 Å². The molecule has 0 saturated carbocycles. The van der Waals surface area contributed by atoms with Gasteiger partial charge in [0.15, 0.2) is 0 Å². The second kappa shape index (κ2) is 9.91. The first-order valence-electron chi connectivity index (χ1n) is 9.63. The van der Waals surface area contributed by atoms with Crippen LogP contribution >= 0.6 is 11.6 Å². The second-order valence-corrected chi connectivity index (χ2v) is 7.47. The van der Waals surface area contributed by atoms with Gasteiger partial charge in [0.05, 0.1) is 6.42 Å². The summed E-state index contributed by atoms with van der Waals surface area (Å²) in [5.41, 5.74) is 1.17. The normalized spacial score (nSPS) is 14.7. The van der Waals surface area contributed by atoms with Crippen molar-refractivity contribution in [2.45, 2.75) is 19.2 Å². The molecule has 1 aliphatic rings. The van der Waals surface area contributed by atoms with E-state index in [1.165, 1.54) is 24.3 Å². The number of hydrogen-bond acceptors (Lipinski definition) is 3. The van der Waals surface area contributed by atoms with Gasteiger partial charge >= 0.3 is 12.4 Å². The van der Waals surface area contributed by atoms with Crippen molar-refractivity contribution < 1.29 is 27.5 Å². The molecule has 2 aromatic carbocycles. The van der Waals surface area contributed by atoms with E-state index >= 15 is 0 Å². The minimum Gasteiger partial charge on any atom is -0.406 e. The van der Waals surface area contributed by atoms with Crippen LogP contribution in [0.4, 0.5) is 23.7 Å². The summed E-state index contributed by atoms with van der Waals surface area (Å²) in [6.07, 6.45) is -4.08. The molecule has 0 aliphatic carbocycles. The Morgan fingerprint density at radius 2 is 1.68 bits per heavy atom. The van der Waals surface area contributed by atoms with Gasteiger partial charge in [-0.2, -0.15) is 0 Å². The minimum absolute atomic E-state index is 0.0566. The van der Waals surface area contributed by atoms with Crippen molar-refractivity contribution in [2.75, 3.05) is 31.5 Å². The SMILES string of the molecule is O=C(Cc1ccc(OC(F)(F)F)cc1)N1CCCN(C(=O)Nc2cccc(Cl)c2)CC1. The number of carbonyl (C=O) groups is 2. The lowest BCUT2D eigenvalue weighted by Gasteiger charge is -2.22. The maximum atomic E-state index is 12.6. The van der Waals surface area contributed by atoms with E-state index in [2.05, 4.69) is 10.1 Å². The van der Waals surface area contributed by atoms with Crippen LogP contribution in [-0.2, 0) is 11.2 Å². The van der Waals surface area contributed by atoms with Crippen LogP contribution in [0.5, 0.6) is 5.75 Å². The van der Waals surface area contributed by atoms with Crippen molar-refractivity contribution in [3.8, 4) is 5.75 Å². The Kier molecular flexibility index (Phi) is 7.27. The van der Waals surface area contributed by atoms with E-state index in [9.17, 15) is 22.8 Å². The van der Waals surface area contributed by atoms with Crippen molar-refractivity contribution in [3.63, 3.8) is 0 Å². The molecule has 3 rings (SSSR count). The molecule has 1 N–H and O–H groups in total. The lowest BCUT2D eigenvalue weighted by atomic mass is 10.1. The number of alkyl halides is 3. The highest BCUT2D eigenvalue weighted by Crippen LogP contribution is 2.23. The topological polar surface area (TPSA) is 61.9 Å². The summed E-state index contributed by atoms with van der Waals surface area (Å²) in [5.74, 6) is -0.485. The van der Waals surface area contributed by atoms with Gasteiger partial charge in [-0.25, -0.2) is 4.79 Å². The third-order valence-electron chi connectivity index (χ3n) is 4.72. The fourth-order valence-corrected chi connectivity index (χ4v) is 3.42. The zero-order valence-corrected chi connectivity index (χ0v) is 17.2. The molecular weight excluding hydrogens is 435 g/mol. The zero-order chi connectivity index (χ0) is 22.4. The summed E-state index contributed by atoms with van der Waals surface area (Å²) in [6, 6.07) is 11.8. The Labute approximate surface area is 182 Å². The summed E-state index contributed by atoms with van der Waals surface area (Å²) in [5, 5.41) is 3.31. The van der Waals surface area contributed by atoms with E-state index in [0.29, 0.717) is 48.9 Å². The predicted molar refractivity (Wildman–Crippen MR) is 110 cm³/mol. The number of benzene rings is 2. The Balaban J connectivity index is 1.51. The average molecular weight is 456 g/mol. The Morgan fingerprint density at radius 1 is 1.00 bits per heavy atom. The molecule has 166 valence electrons. The third-order valence-corrected chi connectivity index (χ3v) is 4.96. The van der Waals surface area contributed by atoms with E-state index in [1.54, 1.807) is 34.1 Å².